The predicted octanol–water partition coefficient (Wildman–Crippen LogP) is 5.19. The summed E-state index contributed by atoms with van der Waals surface area (Å²) in [5.41, 5.74) is 0.666. The van der Waals surface area contributed by atoms with Crippen LogP contribution in [0.15, 0.2) is 48.0 Å². The molecule has 1 aliphatic rings. The van der Waals surface area contributed by atoms with E-state index in [0.717, 1.165) is 22.6 Å². The van der Waals surface area contributed by atoms with Gasteiger partial charge in [0.1, 0.15) is 10.4 Å². The van der Waals surface area contributed by atoms with Gasteiger partial charge < -0.3 is 10.2 Å². The van der Waals surface area contributed by atoms with Crippen molar-refractivity contribution in [1.29, 1.82) is 5.26 Å². The average molecular weight is 544 g/mol. The Morgan fingerprint density at radius 3 is 2.41 bits per heavy atom. The Morgan fingerprint density at radius 1 is 1.19 bits per heavy atom. The molecule has 1 fully saturated rings. The van der Waals surface area contributed by atoms with Crippen LogP contribution in [0.25, 0.3) is 0 Å². The summed E-state index contributed by atoms with van der Waals surface area (Å²) < 4.78 is 40.5. The van der Waals surface area contributed by atoms with E-state index in [1.165, 1.54) is 23.5 Å². The molecule has 0 atom stereocenters. The molecular formula is C25H20F3N5O2S2. The van der Waals surface area contributed by atoms with E-state index in [1.807, 2.05) is 0 Å². The van der Waals surface area contributed by atoms with Crippen molar-refractivity contribution in [3.63, 3.8) is 0 Å². The second-order valence-corrected chi connectivity index (χ2v) is 9.99. The van der Waals surface area contributed by atoms with Crippen LogP contribution in [0.1, 0.15) is 45.9 Å². The van der Waals surface area contributed by atoms with Gasteiger partial charge in [0.05, 0.1) is 34.1 Å². The molecule has 0 saturated carbocycles. The lowest BCUT2D eigenvalue weighted by Crippen LogP contribution is -2.44. The van der Waals surface area contributed by atoms with E-state index in [1.54, 1.807) is 55.4 Å². The second-order valence-electron chi connectivity index (χ2n) is 8.77. The van der Waals surface area contributed by atoms with Gasteiger partial charge in [-0.25, -0.2) is 4.98 Å². The number of aromatic nitrogens is 1. The Labute approximate surface area is 220 Å². The van der Waals surface area contributed by atoms with Gasteiger partial charge in [-0.2, -0.15) is 18.4 Å². The van der Waals surface area contributed by atoms with Crippen molar-refractivity contribution < 1.29 is 22.8 Å². The van der Waals surface area contributed by atoms with E-state index in [-0.39, 0.29) is 23.3 Å². The quantitative estimate of drug-likeness (QED) is 0.446. The predicted molar refractivity (Wildman–Crippen MR) is 137 cm³/mol. The van der Waals surface area contributed by atoms with E-state index >= 15 is 0 Å². The number of nitrogens with zero attached hydrogens (tertiary/aromatic N) is 4. The van der Waals surface area contributed by atoms with Gasteiger partial charge in [0.25, 0.3) is 11.8 Å². The lowest BCUT2D eigenvalue weighted by atomic mass is 10.0. The van der Waals surface area contributed by atoms with Crippen molar-refractivity contribution in [1.82, 2.24) is 10.3 Å². The first-order chi connectivity index (χ1) is 17.4. The van der Waals surface area contributed by atoms with E-state index in [0.29, 0.717) is 16.3 Å². The van der Waals surface area contributed by atoms with Crippen molar-refractivity contribution >= 4 is 51.9 Å². The number of anilines is 2. The van der Waals surface area contributed by atoms with Crippen LogP contribution in [0.2, 0.25) is 0 Å². The van der Waals surface area contributed by atoms with Crippen LogP contribution < -0.4 is 15.1 Å². The molecule has 190 valence electrons. The molecule has 37 heavy (non-hydrogen) atoms. The molecule has 2 aromatic carbocycles. The fourth-order valence-electron chi connectivity index (χ4n) is 4.00. The van der Waals surface area contributed by atoms with Gasteiger partial charge in [-0.1, -0.05) is 12.1 Å². The molecule has 1 aromatic heterocycles. The molecule has 2 amide bonds. The molecule has 0 radical (unpaired) electrons. The number of alkyl halides is 3. The van der Waals surface area contributed by atoms with Crippen LogP contribution in [0.4, 0.5) is 24.5 Å². The fourth-order valence-corrected chi connectivity index (χ4v) is 5.25. The second kappa shape index (κ2) is 9.57. The number of nitriles is 1. The lowest BCUT2D eigenvalue weighted by molar-refractivity contribution is -0.137. The van der Waals surface area contributed by atoms with Crippen LogP contribution in [0.3, 0.4) is 0 Å². The van der Waals surface area contributed by atoms with Gasteiger partial charge in [0.2, 0.25) is 0 Å². The Hall–Kier alpha value is -3.82. The van der Waals surface area contributed by atoms with Gasteiger partial charge in [0, 0.05) is 12.2 Å². The summed E-state index contributed by atoms with van der Waals surface area (Å²) in [6.45, 7) is 5.27. The summed E-state index contributed by atoms with van der Waals surface area (Å²) in [4.78, 5) is 32.9. The number of benzene rings is 2. The number of halogens is 3. The lowest BCUT2D eigenvalue weighted by Gasteiger charge is -2.29. The molecule has 3 aromatic rings. The average Bonchev–Trinajstić information content (AvgIpc) is 3.35. The van der Waals surface area contributed by atoms with Gasteiger partial charge in [-0.05, 0) is 68.9 Å². The maximum atomic E-state index is 13.5. The topological polar surface area (TPSA) is 89.3 Å². The normalized spacial score (nSPS) is 15.2. The molecule has 1 saturated heterocycles. The molecular weight excluding hydrogens is 523 g/mol. The van der Waals surface area contributed by atoms with Crippen LogP contribution in [0.5, 0.6) is 0 Å². The minimum Gasteiger partial charge on any atom is -0.347 e. The van der Waals surface area contributed by atoms with E-state index in [2.05, 4.69) is 10.3 Å². The molecule has 2 heterocycles. The van der Waals surface area contributed by atoms with Crippen LogP contribution in [0, 0.1) is 18.3 Å². The van der Waals surface area contributed by atoms with E-state index in [4.69, 9.17) is 17.5 Å². The first-order valence-corrected chi connectivity index (χ1v) is 12.2. The maximum absolute atomic E-state index is 13.5. The minimum absolute atomic E-state index is 0.00885. The van der Waals surface area contributed by atoms with Gasteiger partial charge in [0.15, 0.2) is 5.11 Å². The van der Waals surface area contributed by atoms with Crippen molar-refractivity contribution in [3.05, 3.63) is 75.2 Å². The van der Waals surface area contributed by atoms with Gasteiger partial charge in [-0.15, -0.1) is 11.3 Å². The van der Waals surface area contributed by atoms with Gasteiger partial charge in [-0.3, -0.25) is 14.5 Å². The smallest absolute Gasteiger partial charge is 0.347 e. The molecule has 4 rings (SSSR count). The number of thiazole rings is 1. The fraction of sp³-hybridized carbons (Fsp3) is 0.240. The number of aryl methyl sites for hydroxylation is 1. The Morgan fingerprint density at radius 2 is 1.84 bits per heavy atom. The highest BCUT2D eigenvalue weighted by Crippen LogP contribution is 2.39. The number of thiocarbonyl (C=S) groups is 1. The zero-order valence-corrected chi connectivity index (χ0v) is 21.5. The highest BCUT2D eigenvalue weighted by atomic mass is 32.1. The summed E-state index contributed by atoms with van der Waals surface area (Å²) in [6.07, 6.45) is -4.77. The molecule has 0 spiro atoms. The largest absolute Gasteiger partial charge is 0.417 e. The third-order valence-corrected chi connectivity index (χ3v) is 7.25. The van der Waals surface area contributed by atoms with Crippen molar-refractivity contribution in [2.45, 2.75) is 39.0 Å². The summed E-state index contributed by atoms with van der Waals surface area (Å²) in [6, 6.07) is 11.6. The number of nitrogens with one attached hydrogen (secondary N) is 1. The zero-order valence-electron chi connectivity index (χ0n) is 19.9. The number of hydrogen-bond acceptors (Lipinski definition) is 6. The number of rotatable bonds is 5. The SMILES string of the molecule is Cc1ncsc1C(=O)NCc1ccc(N2C(=S)N(c3ccc(C#N)c(C(F)(F)F)c3)C(=O)C2(C)C)cc1. The summed E-state index contributed by atoms with van der Waals surface area (Å²) in [5.74, 6) is -0.737. The standard InChI is InChI=1S/C25H20F3N5O2S2/c1-14-20(37-13-31-14)21(34)30-12-15-4-7-17(8-5-15)33-23(36)32(22(35)24(33,2)3)18-9-6-16(11-29)19(10-18)25(26,27)28/h4-10,13H,12H2,1-3H3,(H,30,34). The van der Waals surface area contributed by atoms with Crippen molar-refractivity contribution in [3.8, 4) is 6.07 Å². The molecule has 1 N–H and O–H groups in total. The number of carbonyl (C=O) groups is 2. The number of amides is 2. The molecule has 7 nitrogen and oxygen atoms in total. The van der Waals surface area contributed by atoms with Crippen LogP contribution in [-0.2, 0) is 17.5 Å². The first kappa shape index (κ1) is 26.2. The number of hydrogen-bond donors (Lipinski definition) is 1. The van der Waals surface area contributed by atoms with E-state index in [9.17, 15) is 22.8 Å². The van der Waals surface area contributed by atoms with E-state index < -0.39 is 28.7 Å². The molecule has 1 aliphatic heterocycles. The monoisotopic (exact) mass is 543 g/mol. The van der Waals surface area contributed by atoms with Gasteiger partial charge >= 0.3 is 6.18 Å². The third-order valence-electron chi connectivity index (χ3n) is 5.95. The highest BCUT2D eigenvalue weighted by Gasteiger charge is 2.50. The zero-order chi connectivity index (χ0) is 27.1. The Balaban J connectivity index is 1.58. The molecule has 0 bridgehead atoms. The summed E-state index contributed by atoms with van der Waals surface area (Å²) in [5, 5.41) is 11.9. The Bertz CT molecular complexity index is 1440. The summed E-state index contributed by atoms with van der Waals surface area (Å²) >= 11 is 6.80. The highest BCUT2D eigenvalue weighted by molar-refractivity contribution is 7.81. The van der Waals surface area contributed by atoms with Crippen LogP contribution >= 0.6 is 23.6 Å². The minimum atomic E-state index is -4.77. The molecule has 0 unspecified atom stereocenters. The number of carbonyl (C=O) groups excluding carboxylic acids is 2. The first-order valence-electron chi connectivity index (χ1n) is 10.9. The van der Waals surface area contributed by atoms with Crippen molar-refractivity contribution in [2.75, 3.05) is 9.80 Å². The molecule has 0 aliphatic carbocycles. The van der Waals surface area contributed by atoms with Crippen molar-refractivity contribution in [2.24, 2.45) is 0 Å². The van der Waals surface area contributed by atoms with Crippen LogP contribution in [-0.4, -0.2) is 27.4 Å². The third kappa shape index (κ3) is 4.80. The maximum Gasteiger partial charge on any atom is 0.417 e. The molecule has 12 heteroatoms. The Kier molecular flexibility index (Phi) is 6.79. The summed E-state index contributed by atoms with van der Waals surface area (Å²) in [7, 11) is 0.